The molecule has 0 saturated heterocycles. The molecule has 0 aliphatic rings. The van der Waals surface area contributed by atoms with E-state index in [9.17, 15) is 4.79 Å². The smallest absolute Gasteiger partial charge is 0.324 e. The average Bonchev–Trinajstić information content (AvgIpc) is 2.03. The molecule has 1 aromatic carbocycles. The van der Waals surface area contributed by atoms with Crippen molar-refractivity contribution in [3.8, 4) is 0 Å². The van der Waals surface area contributed by atoms with Gasteiger partial charge in [0.05, 0.1) is 10.7 Å². The van der Waals surface area contributed by atoms with Crippen LogP contribution in [-0.2, 0) is 4.79 Å². The number of hydrogen-bond acceptors (Lipinski definition) is 3. The summed E-state index contributed by atoms with van der Waals surface area (Å²) in [6.07, 6.45) is 0. The molecular formula is C8H9ClN2O2. The number of hydrazine groups is 1. The van der Waals surface area contributed by atoms with Crippen molar-refractivity contribution in [2.45, 2.75) is 0 Å². The summed E-state index contributed by atoms with van der Waals surface area (Å²) < 4.78 is 0. The Morgan fingerprint density at radius 3 is 2.69 bits per heavy atom. The van der Waals surface area contributed by atoms with E-state index >= 15 is 0 Å². The van der Waals surface area contributed by atoms with Crippen LogP contribution in [0.4, 0.5) is 5.69 Å². The lowest BCUT2D eigenvalue weighted by Gasteiger charge is -2.16. The monoisotopic (exact) mass is 200 g/mol. The number of halogens is 1. The molecule has 0 unspecified atom stereocenters. The van der Waals surface area contributed by atoms with E-state index in [1.54, 1.807) is 24.3 Å². The van der Waals surface area contributed by atoms with Crippen molar-refractivity contribution in [3.63, 3.8) is 0 Å². The molecule has 0 aliphatic carbocycles. The van der Waals surface area contributed by atoms with Gasteiger partial charge in [0.25, 0.3) is 0 Å². The predicted molar refractivity (Wildman–Crippen MR) is 50.6 cm³/mol. The number of carboxylic acids is 1. The molecule has 0 atom stereocenters. The Balaban J connectivity index is 2.82. The number of benzene rings is 1. The lowest BCUT2D eigenvalue weighted by atomic mass is 10.3. The molecule has 0 aromatic heterocycles. The Labute approximate surface area is 80.5 Å². The summed E-state index contributed by atoms with van der Waals surface area (Å²) in [7, 11) is 0. The molecule has 13 heavy (non-hydrogen) atoms. The molecule has 1 rings (SSSR count). The number of carboxylic acid groups (broad SMARTS) is 1. The summed E-state index contributed by atoms with van der Waals surface area (Å²) in [5.74, 6) is 4.47. The summed E-state index contributed by atoms with van der Waals surface area (Å²) >= 11 is 5.79. The normalized spacial score (nSPS) is 9.69. The molecule has 3 N–H and O–H groups in total. The first-order valence-corrected chi connectivity index (χ1v) is 3.97. The van der Waals surface area contributed by atoms with Crippen LogP contribution in [0.2, 0.25) is 5.02 Å². The molecule has 5 heteroatoms. The van der Waals surface area contributed by atoms with Gasteiger partial charge < -0.3 is 5.11 Å². The van der Waals surface area contributed by atoms with Gasteiger partial charge in [0, 0.05) is 0 Å². The largest absolute Gasteiger partial charge is 0.480 e. The quantitative estimate of drug-likeness (QED) is 0.567. The van der Waals surface area contributed by atoms with Crippen LogP contribution in [-0.4, -0.2) is 17.6 Å². The summed E-state index contributed by atoms with van der Waals surface area (Å²) in [6.45, 7) is -0.274. The van der Waals surface area contributed by atoms with E-state index in [1.165, 1.54) is 0 Å². The van der Waals surface area contributed by atoms with E-state index < -0.39 is 5.97 Å². The maximum Gasteiger partial charge on any atom is 0.324 e. The predicted octanol–water partition coefficient (Wildman–Crippen LogP) is 1.10. The van der Waals surface area contributed by atoms with Crippen molar-refractivity contribution in [1.29, 1.82) is 0 Å². The number of aliphatic carboxylic acids is 1. The van der Waals surface area contributed by atoms with E-state index in [1.807, 2.05) is 0 Å². The van der Waals surface area contributed by atoms with Crippen LogP contribution in [0.5, 0.6) is 0 Å². The van der Waals surface area contributed by atoms with Crippen molar-refractivity contribution < 1.29 is 9.90 Å². The highest BCUT2D eigenvalue weighted by Crippen LogP contribution is 2.22. The highest BCUT2D eigenvalue weighted by atomic mass is 35.5. The molecule has 0 radical (unpaired) electrons. The van der Waals surface area contributed by atoms with Gasteiger partial charge in [-0.2, -0.15) is 0 Å². The van der Waals surface area contributed by atoms with Gasteiger partial charge in [-0.1, -0.05) is 23.7 Å². The van der Waals surface area contributed by atoms with Crippen LogP contribution in [0.1, 0.15) is 0 Å². The molecule has 0 spiro atoms. The van der Waals surface area contributed by atoms with Crippen molar-refractivity contribution in [1.82, 2.24) is 0 Å². The minimum atomic E-state index is -0.998. The second-order valence-corrected chi connectivity index (χ2v) is 2.88. The van der Waals surface area contributed by atoms with Crippen molar-refractivity contribution in [2.24, 2.45) is 5.84 Å². The number of rotatable bonds is 3. The zero-order chi connectivity index (χ0) is 9.84. The standard InChI is InChI=1S/C8H9ClN2O2/c9-6-3-1-2-4-7(6)11(10)5-8(12)13/h1-4H,5,10H2,(H,12,13). The Morgan fingerprint density at radius 2 is 2.15 bits per heavy atom. The molecule has 0 saturated carbocycles. The van der Waals surface area contributed by atoms with Crippen molar-refractivity contribution in [2.75, 3.05) is 11.6 Å². The fourth-order valence-corrected chi connectivity index (χ4v) is 1.16. The Kier molecular flexibility index (Phi) is 3.11. The SMILES string of the molecule is NN(CC(=O)O)c1ccccc1Cl. The molecule has 0 amide bonds. The van der Waals surface area contributed by atoms with Crippen LogP contribution in [0, 0.1) is 0 Å². The van der Waals surface area contributed by atoms with Crippen LogP contribution >= 0.6 is 11.6 Å². The van der Waals surface area contributed by atoms with Crippen LogP contribution in [0.15, 0.2) is 24.3 Å². The van der Waals surface area contributed by atoms with Gasteiger partial charge in [-0.3, -0.25) is 9.80 Å². The van der Waals surface area contributed by atoms with Gasteiger partial charge in [-0.25, -0.2) is 5.84 Å². The highest BCUT2D eigenvalue weighted by molar-refractivity contribution is 6.33. The fraction of sp³-hybridized carbons (Fsp3) is 0.125. The number of nitrogens with two attached hydrogens (primary N) is 1. The number of anilines is 1. The molecule has 1 aromatic rings. The molecule has 4 nitrogen and oxygen atoms in total. The van der Waals surface area contributed by atoms with Gasteiger partial charge in [-0.05, 0) is 12.1 Å². The first kappa shape index (κ1) is 9.83. The van der Waals surface area contributed by atoms with Crippen LogP contribution < -0.4 is 10.9 Å². The minimum absolute atomic E-state index is 0.274. The molecule has 0 heterocycles. The lowest BCUT2D eigenvalue weighted by molar-refractivity contribution is -0.135. The highest BCUT2D eigenvalue weighted by Gasteiger charge is 2.08. The van der Waals surface area contributed by atoms with E-state index in [4.69, 9.17) is 22.6 Å². The topological polar surface area (TPSA) is 66.6 Å². The zero-order valence-corrected chi connectivity index (χ0v) is 7.53. The Morgan fingerprint density at radius 1 is 1.54 bits per heavy atom. The number of para-hydroxylation sites is 1. The number of carbonyl (C=O) groups is 1. The molecule has 70 valence electrons. The zero-order valence-electron chi connectivity index (χ0n) is 6.77. The van der Waals surface area contributed by atoms with E-state index in [0.717, 1.165) is 5.01 Å². The second kappa shape index (κ2) is 4.11. The minimum Gasteiger partial charge on any atom is -0.480 e. The average molecular weight is 201 g/mol. The first-order chi connectivity index (χ1) is 6.11. The summed E-state index contributed by atoms with van der Waals surface area (Å²) in [6, 6.07) is 6.80. The van der Waals surface area contributed by atoms with E-state index in [2.05, 4.69) is 0 Å². The summed E-state index contributed by atoms with van der Waals surface area (Å²) in [5.41, 5.74) is 0.506. The number of hydrogen-bond donors (Lipinski definition) is 2. The summed E-state index contributed by atoms with van der Waals surface area (Å²) in [4.78, 5) is 10.3. The third kappa shape index (κ3) is 2.61. The summed E-state index contributed by atoms with van der Waals surface area (Å²) in [5, 5.41) is 10.00. The van der Waals surface area contributed by atoms with Gasteiger partial charge in [-0.15, -0.1) is 0 Å². The Bertz CT molecular complexity index is 317. The second-order valence-electron chi connectivity index (χ2n) is 2.47. The molecular weight excluding hydrogens is 192 g/mol. The third-order valence-electron chi connectivity index (χ3n) is 1.47. The molecule has 0 aliphatic heterocycles. The number of nitrogens with zero attached hydrogens (tertiary/aromatic N) is 1. The molecule has 0 fully saturated rings. The third-order valence-corrected chi connectivity index (χ3v) is 1.79. The Hall–Kier alpha value is -1.26. The maximum absolute atomic E-state index is 10.3. The van der Waals surface area contributed by atoms with Crippen molar-refractivity contribution >= 4 is 23.3 Å². The van der Waals surface area contributed by atoms with Crippen LogP contribution in [0.25, 0.3) is 0 Å². The van der Waals surface area contributed by atoms with Gasteiger partial charge in [0.1, 0.15) is 6.54 Å². The van der Waals surface area contributed by atoms with E-state index in [-0.39, 0.29) is 6.54 Å². The molecule has 0 bridgehead atoms. The van der Waals surface area contributed by atoms with E-state index in [0.29, 0.717) is 10.7 Å². The van der Waals surface area contributed by atoms with Crippen molar-refractivity contribution in [3.05, 3.63) is 29.3 Å². The van der Waals surface area contributed by atoms with Crippen LogP contribution in [0.3, 0.4) is 0 Å². The fourth-order valence-electron chi connectivity index (χ4n) is 0.916. The lowest BCUT2D eigenvalue weighted by Crippen LogP contribution is -2.36. The van der Waals surface area contributed by atoms with Gasteiger partial charge in [0.2, 0.25) is 0 Å². The van der Waals surface area contributed by atoms with Gasteiger partial charge >= 0.3 is 5.97 Å². The maximum atomic E-state index is 10.3. The first-order valence-electron chi connectivity index (χ1n) is 3.60. The van der Waals surface area contributed by atoms with Gasteiger partial charge in [0.15, 0.2) is 0 Å².